The third-order valence-electron chi connectivity index (χ3n) is 2.62. The lowest BCUT2D eigenvalue weighted by atomic mass is 10.1. The lowest BCUT2D eigenvalue weighted by Gasteiger charge is -2.27. The topological polar surface area (TPSA) is 20.3 Å². The highest BCUT2D eigenvalue weighted by molar-refractivity contribution is 14.1. The van der Waals surface area contributed by atoms with Gasteiger partial charge in [-0.3, -0.25) is 4.79 Å². The summed E-state index contributed by atoms with van der Waals surface area (Å²) in [4.78, 5) is 14.6. The number of amides is 1. The average Bonchev–Trinajstić information content (AvgIpc) is 2.29. The van der Waals surface area contributed by atoms with Gasteiger partial charge in [-0.05, 0) is 52.6 Å². The van der Waals surface area contributed by atoms with Crippen molar-refractivity contribution in [2.75, 3.05) is 13.1 Å². The van der Waals surface area contributed by atoms with Gasteiger partial charge in [-0.25, -0.2) is 0 Å². The zero-order valence-electron chi connectivity index (χ0n) is 11.9. The predicted molar refractivity (Wildman–Crippen MR) is 89.7 cm³/mol. The lowest BCUT2D eigenvalue weighted by Crippen LogP contribution is -2.37. The van der Waals surface area contributed by atoms with Gasteiger partial charge in [0.05, 0.1) is 5.56 Å². The molecule has 0 aliphatic heterocycles. The van der Waals surface area contributed by atoms with E-state index in [0.29, 0.717) is 22.4 Å². The van der Waals surface area contributed by atoms with Crippen LogP contribution in [0.25, 0.3) is 0 Å². The number of halogens is 2. The largest absolute Gasteiger partial charge is 0.338 e. The number of hydrogen-bond acceptors (Lipinski definition) is 1. The number of carbonyl (C=O) groups excluding carboxylic acids is 1. The minimum Gasteiger partial charge on any atom is -0.338 e. The molecule has 0 spiro atoms. The number of benzene rings is 1. The first-order valence-corrected chi connectivity index (χ1v) is 8.01. The van der Waals surface area contributed by atoms with E-state index in [0.717, 1.165) is 16.7 Å². The van der Waals surface area contributed by atoms with Crippen LogP contribution in [-0.4, -0.2) is 23.9 Å². The maximum atomic E-state index is 12.7. The van der Waals surface area contributed by atoms with Crippen LogP contribution in [0.3, 0.4) is 0 Å². The number of hydrogen-bond donors (Lipinski definition) is 0. The normalized spacial score (nSPS) is 11.2. The van der Waals surface area contributed by atoms with Gasteiger partial charge < -0.3 is 4.90 Å². The smallest absolute Gasteiger partial charge is 0.254 e. The number of carbonyl (C=O) groups is 1. The van der Waals surface area contributed by atoms with Crippen molar-refractivity contribution in [3.63, 3.8) is 0 Å². The molecule has 0 aliphatic rings. The number of rotatable bonds is 5. The van der Waals surface area contributed by atoms with E-state index >= 15 is 0 Å². The fourth-order valence-electron chi connectivity index (χ4n) is 1.95. The van der Waals surface area contributed by atoms with E-state index < -0.39 is 0 Å². The number of nitrogens with zero attached hydrogens (tertiary/aromatic N) is 1. The second-order valence-corrected chi connectivity index (χ2v) is 7.22. The van der Waals surface area contributed by atoms with Crippen LogP contribution in [0.4, 0.5) is 0 Å². The molecule has 0 atom stereocenters. The maximum absolute atomic E-state index is 12.7. The quantitative estimate of drug-likeness (QED) is 0.664. The Labute approximate surface area is 134 Å². The monoisotopic (exact) mass is 393 g/mol. The fourth-order valence-corrected chi connectivity index (χ4v) is 2.69. The summed E-state index contributed by atoms with van der Waals surface area (Å²) in [6.07, 6.45) is 0. The molecular weight excluding hydrogens is 373 g/mol. The highest BCUT2D eigenvalue weighted by Gasteiger charge is 2.20. The van der Waals surface area contributed by atoms with Crippen LogP contribution in [-0.2, 0) is 0 Å². The van der Waals surface area contributed by atoms with Crippen molar-refractivity contribution in [3.05, 3.63) is 32.4 Å². The molecule has 0 unspecified atom stereocenters. The summed E-state index contributed by atoms with van der Waals surface area (Å²) in [5, 5.41) is 0.609. The minimum atomic E-state index is 0.0781. The van der Waals surface area contributed by atoms with E-state index in [2.05, 4.69) is 50.3 Å². The van der Waals surface area contributed by atoms with Crippen molar-refractivity contribution in [1.82, 2.24) is 4.90 Å². The third kappa shape index (κ3) is 5.30. The maximum Gasteiger partial charge on any atom is 0.254 e. The molecule has 0 bridgehead atoms. The van der Waals surface area contributed by atoms with Gasteiger partial charge in [0.1, 0.15) is 0 Å². The van der Waals surface area contributed by atoms with E-state index in [1.54, 1.807) is 6.07 Å². The van der Waals surface area contributed by atoms with Gasteiger partial charge in [0.25, 0.3) is 5.91 Å². The molecule has 0 aromatic heterocycles. The van der Waals surface area contributed by atoms with Crippen molar-refractivity contribution in [1.29, 1.82) is 0 Å². The van der Waals surface area contributed by atoms with Crippen molar-refractivity contribution in [2.45, 2.75) is 27.7 Å². The molecule has 106 valence electrons. The molecule has 4 heteroatoms. The molecule has 1 aromatic rings. The Morgan fingerprint density at radius 1 is 1.21 bits per heavy atom. The molecular formula is C15H21ClINO. The Morgan fingerprint density at radius 3 is 2.21 bits per heavy atom. The molecule has 0 fully saturated rings. The van der Waals surface area contributed by atoms with Gasteiger partial charge >= 0.3 is 0 Å². The van der Waals surface area contributed by atoms with E-state index in [1.165, 1.54) is 0 Å². The Kier molecular flexibility index (Phi) is 6.60. The molecule has 2 nitrogen and oxygen atoms in total. The highest BCUT2D eigenvalue weighted by atomic mass is 127. The molecule has 1 rings (SSSR count). The summed E-state index contributed by atoms with van der Waals surface area (Å²) in [7, 11) is 0. The average molecular weight is 394 g/mol. The van der Waals surface area contributed by atoms with Gasteiger partial charge in [0.2, 0.25) is 0 Å². The standard InChI is InChI=1S/C15H21ClINO/c1-10(2)8-18(9-11(3)4)15(19)13-7-12(16)5-6-14(13)17/h5-7,10-11H,8-9H2,1-4H3. The Balaban J connectivity index is 3.00. The molecule has 0 N–H and O–H groups in total. The first kappa shape index (κ1) is 16.8. The molecule has 1 aromatic carbocycles. The second-order valence-electron chi connectivity index (χ2n) is 5.62. The molecule has 0 aliphatic carbocycles. The SMILES string of the molecule is CC(C)CN(CC(C)C)C(=O)c1cc(Cl)ccc1I. The lowest BCUT2D eigenvalue weighted by molar-refractivity contribution is 0.0714. The second kappa shape index (κ2) is 7.48. The third-order valence-corrected chi connectivity index (χ3v) is 3.79. The first-order valence-electron chi connectivity index (χ1n) is 6.55. The summed E-state index contributed by atoms with van der Waals surface area (Å²) in [6, 6.07) is 5.47. The van der Waals surface area contributed by atoms with Gasteiger partial charge in [-0.1, -0.05) is 39.3 Å². The van der Waals surface area contributed by atoms with Crippen LogP contribution in [0, 0.1) is 15.4 Å². The Morgan fingerprint density at radius 2 is 1.74 bits per heavy atom. The summed E-state index contributed by atoms with van der Waals surface area (Å²) in [5.74, 6) is 0.994. The molecule has 0 radical (unpaired) electrons. The minimum absolute atomic E-state index is 0.0781. The molecule has 1 amide bonds. The van der Waals surface area contributed by atoms with Gasteiger partial charge in [-0.15, -0.1) is 0 Å². The molecule has 0 saturated heterocycles. The van der Waals surface area contributed by atoms with Crippen molar-refractivity contribution in [2.24, 2.45) is 11.8 Å². The van der Waals surface area contributed by atoms with E-state index in [1.807, 2.05) is 17.0 Å². The van der Waals surface area contributed by atoms with Crippen LogP contribution in [0.15, 0.2) is 18.2 Å². The van der Waals surface area contributed by atoms with Crippen LogP contribution in [0.2, 0.25) is 5.02 Å². The summed E-state index contributed by atoms with van der Waals surface area (Å²) >= 11 is 8.19. The van der Waals surface area contributed by atoms with E-state index in [-0.39, 0.29) is 5.91 Å². The van der Waals surface area contributed by atoms with Crippen LogP contribution >= 0.6 is 34.2 Å². The summed E-state index contributed by atoms with van der Waals surface area (Å²) in [6.45, 7) is 10.1. The zero-order chi connectivity index (χ0) is 14.6. The van der Waals surface area contributed by atoms with Crippen LogP contribution < -0.4 is 0 Å². The van der Waals surface area contributed by atoms with Gasteiger partial charge in [0.15, 0.2) is 0 Å². The van der Waals surface area contributed by atoms with Crippen molar-refractivity contribution in [3.8, 4) is 0 Å². The summed E-state index contributed by atoms with van der Waals surface area (Å²) < 4.78 is 0.949. The molecule has 0 heterocycles. The van der Waals surface area contributed by atoms with Crippen LogP contribution in [0.1, 0.15) is 38.1 Å². The zero-order valence-corrected chi connectivity index (χ0v) is 14.8. The highest BCUT2D eigenvalue weighted by Crippen LogP contribution is 2.20. The van der Waals surface area contributed by atoms with Crippen LogP contribution in [0.5, 0.6) is 0 Å². The summed E-state index contributed by atoms with van der Waals surface area (Å²) in [5.41, 5.74) is 0.703. The van der Waals surface area contributed by atoms with Crippen molar-refractivity contribution < 1.29 is 4.79 Å². The Hall–Kier alpha value is -0.290. The molecule has 0 saturated carbocycles. The van der Waals surface area contributed by atoms with Gasteiger partial charge in [0, 0.05) is 21.7 Å². The first-order chi connectivity index (χ1) is 8.81. The van der Waals surface area contributed by atoms with Crippen molar-refractivity contribution >= 4 is 40.1 Å². The fraction of sp³-hybridized carbons (Fsp3) is 0.533. The van der Waals surface area contributed by atoms with E-state index in [4.69, 9.17) is 11.6 Å². The molecule has 19 heavy (non-hydrogen) atoms. The van der Waals surface area contributed by atoms with Gasteiger partial charge in [-0.2, -0.15) is 0 Å². The van der Waals surface area contributed by atoms with E-state index in [9.17, 15) is 4.79 Å². The predicted octanol–water partition coefficient (Wildman–Crippen LogP) is 4.70. The Bertz CT molecular complexity index is 436.